The van der Waals surface area contributed by atoms with Gasteiger partial charge in [0.05, 0.1) is 24.7 Å². The summed E-state index contributed by atoms with van der Waals surface area (Å²) in [5.74, 6) is 1.48. The summed E-state index contributed by atoms with van der Waals surface area (Å²) >= 11 is 0.912. The van der Waals surface area contributed by atoms with Crippen LogP contribution in [0.15, 0.2) is 47.4 Å². The first-order valence-electron chi connectivity index (χ1n) is 9.67. The molecule has 1 aliphatic heterocycles. The monoisotopic (exact) mass is 427 g/mol. The Morgan fingerprint density at radius 1 is 1.10 bits per heavy atom. The summed E-state index contributed by atoms with van der Waals surface area (Å²) < 4.78 is 16.9. The molecule has 0 unspecified atom stereocenters. The Hall–Kier alpha value is -2.93. The highest BCUT2D eigenvalue weighted by atomic mass is 32.2. The Labute approximate surface area is 180 Å². The second kappa shape index (κ2) is 9.71. The smallest absolute Gasteiger partial charge is 0.293 e. The fraction of sp³-hybridized carbons (Fsp3) is 0.304. The van der Waals surface area contributed by atoms with Gasteiger partial charge in [-0.25, -0.2) is 0 Å². The molecule has 0 aromatic heterocycles. The summed E-state index contributed by atoms with van der Waals surface area (Å²) in [6.07, 6.45) is 1.61. The second-order valence-electron chi connectivity index (χ2n) is 7.04. The first kappa shape index (κ1) is 21.8. The lowest BCUT2D eigenvalue weighted by Crippen LogP contribution is -2.32. The van der Waals surface area contributed by atoms with Crippen LogP contribution in [0.5, 0.6) is 17.2 Å². The molecule has 7 heteroatoms. The number of hydrogen-bond acceptors (Lipinski definition) is 6. The Morgan fingerprint density at radius 2 is 1.83 bits per heavy atom. The molecule has 0 bridgehead atoms. The number of carbonyl (C=O) groups is 2. The van der Waals surface area contributed by atoms with Crippen molar-refractivity contribution in [1.82, 2.24) is 4.90 Å². The van der Waals surface area contributed by atoms with E-state index in [1.165, 1.54) is 4.90 Å². The number of amides is 2. The molecule has 0 spiro atoms. The van der Waals surface area contributed by atoms with Crippen LogP contribution in [0.4, 0.5) is 4.79 Å². The Morgan fingerprint density at radius 3 is 2.50 bits per heavy atom. The number of methoxy groups -OCH3 is 1. The third-order valence-corrected chi connectivity index (χ3v) is 5.26. The minimum atomic E-state index is -0.337. The van der Waals surface area contributed by atoms with Crippen LogP contribution < -0.4 is 14.2 Å². The highest BCUT2D eigenvalue weighted by Gasteiger charge is 2.35. The number of aryl methyl sites for hydroxylation is 1. The van der Waals surface area contributed by atoms with Gasteiger partial charge in [-0.05, 0) is 56.8 Å². The molecule has 0 saturated carbocycles. The average Bonchev–Trinajstić information content (AvgIpc) is 2.97. The van der Waals surface area contributed by atoms with Gasteiger partial charge in [-0.1, -0.05) is 29.8 Å². The number of imide groups is 1. The third kappa shape index (κ3) is 5.16. The van der Waals surface area contributed by atoms with Gasteiger partial charge >= 0.3 is 0 Å². The topological polar surface area (TPSA) is 65.1 Å². The van der Waals surface area contributed by atoms with E-state index in [1.54, 1.807) is 19.3 Å². The van der Waals surface area contributed by atoms with Crippen molar-refractivity contribution in [2.75, 3.05) is 20.3 Å². The van der Waals surface area contributed by atoms with E-state index in [-0.39, 0.29) is 30.4 Å². The van der Waals surface area contributed by atoms with Gasteiger partial charge in [0.2, 0.25) is 0 Å². The molecule has 2 amide bonds. The van der Waals surface area contributed by atoms with Crippen LogP contribution >= 0.6 is 11.8 Å². The lowest BCUT2D eigenvalue weighted by atomic mass is 10.1. The number of hydrogen-bond donors (Lipinski definition) is 0. The van der Waals surface area contributed by atoms with Crippen molar-refractivity contribution in [3.05, 3.63) is 58.5 Å². The molecule has 2 aromatic carbocycles. The maximum absolute atomic E-state index is 12.8. The van der Waals surface area contributed by atoms with Gasteiger partial charge < -0.3 is 14.2 Å². The second-order valence-corrected chi connectivity index (χ2v) is 8.03. The number of carbonyl (C=O) groups excluding carboxylic acids is 2. The number of thioether (sulfide) groups is 1. The van der Waals surface area contributed by atoms with E-state index in [0.29, 0.717) is 27.7 Å². The highest BCUT2D eigenvalue weighted by Crippen LogP contribution is 2.37. The van der Waals surface area contributed by atoms with Crippen LogP contribution in [0, 0.1) is 6.92 Å². The molecule has 1 aliphatic rings. The van der Waals surface area contributed by atoms with E-state index in [1.807, 2.05) is 57.2 Å². The van der Waals surface area contributed by atoms with Gasteiger partial charge in [-0.3, -0.25) is 14.5 Å². The molecule has 0 radical (unpaired) electrons. The van der Waals surface area contributed by atoms with Crippen molar-refractivity contribution >= 4 is 29.0 Å². The summed E-state index contributed by atoms with van der Waals surface area (Å²) in [6.45, 7) is 6.24. The molecular formula is C23H25NO5S. The predicted octanol–water partition coefficient (Wildman–Crippen LogP) is 4.91. The fourth-order valence-electron chi connectivity index (χ4n) is 2.89. The molecule has 0 atom stereocenters. The fourth-order valence-corrected chi connectivity index (χ4v) is 3.75. The van der Waals surface area contributed by atoms with E-state index in [9.17, 15) is 9.59 Å². The standard InChI is InChI=1S/C23H25NO5S/c1-15(2)29-21-17(6-5-7-19(21)27-4)14-20-22(25)24(23(26)30-20)12-13-28-18-10-8-16(3)9-11-18/h5-11,14-15H,12-13H2,1-4H3/b20-14-. The van der Waals surface area contributed by atoms with Crippen LogP contribution in [-0.2, 0) is 4.79 Å². The van der Waals surface area contributed by atoms with Crippen molar-refractivity contribution in [3.63, 3.8) is 0 Å². The van der Waals surface area contributed by atoms with Gasteiger partial charge in [0.1, 0.15) is 12.4 Å². The quantitative estimate of drug-likeness (QED) is 0.558. The van der Waals surface area contributed by atoms with Crippen LogP contribution in [0.2, 0.25) is 0 Å². The zero-order valence-electron chi connectivity index (χ0n) is 17.5. The first-order chi connectivity index (χ1) is 14.4. The normalized spacial score (nSPS) is 15.2. The highest BCUT2D eigenvalue weighted by molar-refractivity contribution is 8.18. The van der Waals surface area contributed by atoms with Crippen molar-refractivity contribution in [2.24, 2.45) is 0 Å². The largest absolute Gasteiger partial charge is 0.493 e. The van der Waals surface area contributed by atoms with Crippen molar-refractivity contribution in [3.8, 4) is 17.2 Å². The molecule has 0 N–H and O–H groups in total. The molecule has 2 aromatic rings. The van der Waals surface area contributed by atoms with E-state index < -0.39 is 0 Å². The average molecular weight is 428 g/mol. The number of rotatable bonds is 8. The van der Waals surface area contributed by atoms with Crippen LogP contribution in [0.25, 0.3) is 6.08 Å². The maximum Gasteiger partial charge on any atom is 0.293 e. The molecular weight excluding hydrogens is 402 g/mol. The summed E-state index contributed by atoms with van der Waals surface area (Å²) in [5.41, 5.74) is 1.82. The van der Waals surface area contributed by atoms with Gasteiger partial charge in [0.15, 0.2) is 11.5 Å². The van der Waals surface area contributed by atoms with E-state index >= 15 is 0 Å². The number of benzene rings is 2. The number of nitrogens with zero attached hydrogens (tertiary/aromatic N) is 1. The lowest BCUT2D eigenvalue weighted by Gasteiger charge is -2.16. The third-order valence-electron chi connectivity index (χ3n) is 4.35. The summed E-state index contributed by atoms with van der Waals surface area (Å²) in [7, 11) is 1.56. The molecule has 6 nitrogen and oxygen atoms in total. The molecule has 1 saturated heterocycles. The molecule has 1 heterocycles. The summed E-state index contributed by atoms with van der Waals surface area (Å²) in [5, 5.41) is -0.312. The van der Waals surface area contributed by atoms with Crippen LogP contribution in [0.3, 0.4) is 0 Å². The van der Waals surface area contributed by atoms with Crippen molar-refractivity contribution < 1.29 is 23.8 Å². The zero-order valence-corrected chi connectivity index (χ0v) is 18.3. The van der Waals surface area contributed by atoms with Crippen LogP contribution in [-0.4, -0.2) is 42.4 Å². The SMILES string of the molecule is COc1cccc(/C=C2\SC(=O)N(CCOc3ccc(C)cc3)C2=O)c1OC(C)C. The molecule has 158 valence electrons. The van der Waals surface area contributed by atoms with Gasteiger partial charge in [0, 0.05) is 5.56 Å². The number of para-hydroxylation sites is 1. The maximum atomic E-state index is 12.8. The predicted molar refractivity (Wildman–Crippen MR) is 118 cm³/mol. The number of ether oxygens (including phenoxy) is 3. The van der Waals surface area contributed by atoms with E-state index in [2.05, 4.69) is 0 Å². The first-order valence-corrected chi connectivity index (χ1v) is 10.5. The van der Waals surface area contributed by atoms with Crippen molar-refractivity contribution in [1.29, 1.82) is 0 Å². The zero-order chi connectivity index (χ0) is 21.7. The molecule has 3 rings (SSSR count). The van der Waals surface area contributed by atoms with Crippen molar-refractivity contribution in [2.45, 2.75) is 26.9 Å². The van der Waals surface area contributed by atoms with Crippen LogP contribution in [0.1, 0.15) is 25.0 Å². The van der Waals surface area contributed by atoms with Gasteiger partial charge in [-0.15, -0.1) is 0 Å². The Kier molecular flexibility index (Phi) is 7.05. The minimum Gasteiger partial charge on any atom is -0.493 e. The summed E-state index contributed by atoms with van der Waals surface area (Å²) in [4.78, 5) is 26.7. The van der Waals surface area contributed by atoms with E-state index in [0.717, 1.165) is 17.3 Å². The Bertz CT molecular complexity index is 953. The molecule has 30 heavy (non-hydrogen) atoms. The Balaban J connectivity index is 1.72. The molecule has 1 fully saturated rings. The lowest BCUT2D eigenvalue weighted by molar-refractivity contribution is -0.123. The molecule has 0 aliphatic carbocycles. The van der Waals surface area contributed by atoms with Gasteiger partial charge in [-0.2, -0.15) is 0 Å². The minimum absolute atomic E-state index is 0.0672. The van der Waals surface area contributed by atoms with Gasteiger partial charge in [0.25, 0.3) is 11.1 Å². The van der Waals surface area contributed by atoms with E-state index in [4.69, 9.17) is 14.2 Å². The summed E-state index contributed by atoms with van der Waals surface area (Å²) in [6, 6.07) is 13.1.